The van der Waals surface area contributed by atoms with Gasteiger partial charge >= 0.3 is 0 Å². The van der Waals surface area contributed by atoms with Crippen LogP contribution in [0, 0.1) is 0 Å². The number of aliphatic hydroxyl groups is 1. The first-order valence-corrected chi connectivity index (χ1v) is 9.64. The highest BCUT2D eigenvalue weighted by Gasteiger charge is 2.39. The predicted molar refractivity (Wildman–Crippen MR) is 102 cm³/mol. The molecular weight excluding hydrogens is 363 g/mol. The molecule has 0 amide bonds. The molecule has 0 spiro atoms. The molecule has 1 aromatic carbocycles. The highest BCUT2D eigenvalue weighted by Crippen LogP contribution is 2.32. The summed E-state index contributed by atoms with van der Waals surface area (Å²) < 4.78 is 26.4. The van der Waals surface area contributed by atoms with Crippen molar-refractivity contribution < 1.29 is 19.0 Å². The first-order chi connectivity index (χ1) is 13.3. The molecule has 28 heavy (non-hydrogen) atoms. The average molecular weight is 390 g/mol. The quantitative estimate of drug-likeness (QED) is 0.843. The van der Waals surface area contributed by atoms with Crippen LogP contribution in [0.4, 0.5) is 10.3 Å². The minimum Gasteiger partial charge on any atom is -0.490 e. The Labute approximate surface area is 164 Å². The van der Waals surface area contributed by atoms with Crippen molar-refractivity contribution in [2.45, 2.75) is 44.5 Å². The van der Waals surface area contributed by atoms with E-state index >= 15 is 0 Å². The van der Waals surface area contributed by atoms with Crippen molar-refractivity contribution in [3.63, 3.8) is 0 Å². The van der Waals surface area contributed by atoms with Crippen molar-refractivity contribution in [1.82, 2.24) is 14.8 Å². The Bertz CT molecular complexity index is 856. The van der Waals surface area contributed by atoms with Gasteiger partial charge in [-0.05, 0) is 43.5 Å². The van der Waals surface area contributed by atoms with E-state index in [-0.39, 0.29) is 13.2 Å². The zero-order valence-electron chi connectivity index (χ0n) is 16.6. The Morgan fingerprint density at radius 2 is 2.14 bits per heavy atom. The number of nitrogens with zero attached hydrogens (tertiary/aromatic N) is 4. The van der Waals surface area contributed by atoms with Crippen LogP contribution in [-0.4, -0.2) is 51.9 Å². The molecule has 3 heterocycles. The minimum atomic E-state index is -1.36. The molecule has 2 aliphatic rings. The maximum atomic E-state index is 13.7. The summed E-state index contributed by atoms with van der Waals surface area (Å²) in [6, 6.07) is 5.91. The molecule has 1 saturated heterocycles. The maximum Gasteiger partial charge on any atom is 0.227 e. The number of ether oxygens (including phenoxy) is 2. The van der Waals surface area contributed by atoms with Crippen LogP contribution in [0.25, 0.3) is 0 Å². The van der Waals surface area contributed by atoms with Gasteiger partial charge in [-0.15, -0.1) is 10.2 Å². The monoisotopic (exact) mass is 390 g/mol. The van der Waals surface area contributed by atoms with Gasteiger partial charge in [-0.25, -0.2) is 4.39 Å². The van der Waals surface area contributed by atoms with E-state index in [1.165, 1.54) is 25.0 Å². The summed E-state index contributed by atoms with van der Waals surface area (Å²) in [5.74, 6) is 1.98. The van der Waals surface area contributed by atoms with E-state index in [4.69, 9.17) is 9.47 Å². The minimum absolute atomic E-state index is 0.0340. The lowest BCUT2D eigenvalue weighted by molar-refractivity contribution is 0.0128. The van der Waals surface area contributed by atoms with Crippen molar-refractivity contribution in [1.29, 1.82) is 0 Å². The first kappa shape index (κ1) is 19.1. The Morgan fingerprint density at radius 3 is 2.86 bits per heavy atom. The fourth-order valence-electron chi connectivity index (χ4n) is 3.78. The van der Waals surface area contributed by atoms with E-state index in [1.807, 2.05) is 29.8 Å². The molecular formula is C20H27FN4O3. The molecule has 7 nitrogen and oxygen atoms in total. The SMILES string of the molecule is Cn1c(N2CCc3cc(OCC(C)(C)F)ccc3C2)nnc1C1(O)CCOC1. The smallest absolute Gasteiger partial charge is 0.227 e. The molecule has 8 heteroatoms. The number of anilines is 1. The standard InChI is InChI=1S/C20H27FN4O3/c1-19(2,21)12-28-16-5-4-15-11-25(8-6-14(15)10-16)18-23-22-17(24(18)3)20(26)7-9-27-13-20/h4-5,10,26H,6-9,11-13H2,1-3H3. The number of benzene rings is 1. The summed E-state index contributed by atoms with van der Waals surface area (Å²) in [7, 11) is 1.88. The van der Waals surface area contributed by atoms with Gasteiger partial charge < -0.3 is 19.5 Å². The van der Waals surface area contributed by atoms with Crippen LogP contribution in [0.1, 0.15) is 37.2 Å². The molecule has 1 aromatic heterocycles. The third kappa shape index (κ3) is 3.71. The molecule has 4 rings (SSSR count). The second-order valence-electron chi connectivity index (χ2n) is 8.33. The summed E-state index contributed by atoms with van der Waals surface area (Å²) in [6.45, 7) is 5.31. The van der Waals surface area contributed by atoms with Crippen LogP contribution < -0.4 is 9.64 Å². The van der Waals surface area contributed by atoms with Crippen LogP contribution in [0.2, 0.25) is 0 Å². The zero-order chi connectivity index (χ0) is 19.9. The second kappa shape index (κ2) is 7.00. The molecule has 0 saturated carbocycles. The Kier molecular flexibility index (Phi) is 4.79. The molecule has 0 radical (unpaired) electrons. The van der Waals surface area contributed by atoms with Crippen molar-refractivity contribution >= 4 is 5.95 Å². The summed E-state index contributed by atoms with van der Waals surface area (Å²) in [6.07, 6.45) is 1.36. The van der Waals surface area contributed by atoms with Crippen molar-refractivity contribution in [2.75, 3.05) is 31.3 Å². The van der Waals surface area contributed by atoms with E-state index in [1.54, 1.807) is 0 Å². The summed E-state index contributed by atoms with van der Waals surface area (Å²) in [5, 5.41) is 19.3. The molecule has 152 valence electrons. The van der Waals surface area contributed by atoms with E-state index in [2.05, 4.69) is 15.1 Å². The molecule has 1 fully saturated rings. The lowest BCUT2D eigenvalue weighted by Crippen LogP contribution is -2.34. The van der Waals surface area contributed by atoms with Crippen molar-refractivity contribution in [3.8, 4) is 5.75 Å². The largest absolute Gasteiger partial charge is 0.490 e. The molecule has 0 aliphatic carbocycles. The number of hydrogen-bond acceptors (Lipinski definition) is 6. The highest BCUT2D eigenvalue weighted by molar-refractivity contribution is 5.44. The summed E-state index contributed by atoms with van der Waals surface area (Å²) in [5.41, 5.74) is -0.0325. The Hall–Kier alpha value is -2.19. The Morgan fingerprint density at radius 1 is 1.32 bits per heavy atom. The van der Waals surface area contributed by atoms with Gasteiger partial charge in [-0.3, -0.25) is 4.57 Å². The van der Waals surface area contributed by atoms with Gasteiger partial charge in [0.25, 0.3) is 0 Å². The number of aromatic nitrogens is 3. The molecule has 1 atom stereocenters. The lowest BCUT2D eigenvalue weighted by Gasteiger charge is -2.30. The van der Waals surface area contributed by atoms with Gasteiger partial charge in [0.1, 0.15) is 23.6 Å². The first-order valence-electron chi connectivity index (χ1n) is 9.64. The normalized spacial score (nSPS) is 22.4. The summed E-state index contributed by atoms with van der Waals surface area (Å²) >= 11 is 0. The Balaban J connectivity index is 1.50. The van der Waals surface area contributed by atoms with Gasteiger partial charge in [0, 0.05) is 26.6 Å². The highest BCUT2D eigenvalue weighted by atomic mass is 19.1. The number of halogens is 1. The second-order valence-corrected chi connectivity index (χ2v) is 8.33. The fraction of sp³-hybridized carbons (Fsp3) is 0.600. The lowest BCUT2D eigenvalue weighted by atomic mass is 9.99. The molecule has 2 aliphatic heterocycles. The van der Waals surface area contributed by atoms with Gasteiger partial charge in [0.15, 0.2) is 5.82 Å². The van der Waals surface area contributed by atoms with Gasteiger partial charge in [-0.1, -0.05) is 6.07 Å². The number of fused-ring (bicyclic) bond motifs is 1. The number of alkyl halides is 1. The van der Waals surface area contributed by atoms with E-state index in [0.717, 1.165) is 18.9 Å². The van der Waals surface area contributed by atoms with Gasteiger partial charge in [-0.2, -0.15) is 0 Å². The van der Waals surface area contributed by atoms with Crippen LogP contribution in [-0.2, 0) is 30.4 Å². The van der Waals surface area contributed by atoms with Gasteiger partial charge in [0.05, 0.1) is 13.2 Å². The average Bonchev–Trinajstić information content (AvgIpc) is 3.25. The maximum absolute atomic E-state index is 13.7. The molecule has 1 N–H and O–H groups in total. The number of rotatable bonds is 5. The van der Waals surface area contributed by atoms with Crippen molar-refractivity contribution in [2.24, 2.45) is 7.05 Å². The van der Waals surface area contributed by atoms with E-state index < -0.39 is 11.3 Å². The van der Waals surface area contributed by atoms with E-state index in [9.17, 15) is 9.50 Å². The van der Waals surface area contributed by atoms with E-state index in [0.29, 0.717) is 31.1 Å². The topological polar surface area (TPSA) is 72.6 Å². The van der Waals surface area contributed by atoms with Crippen LogP contribution in [0.3, 0.4) is 0 Å². The molecule has 2 aromatic rings. The fourth-order valence-corrected chi connectivity index (χ4v) is 3.78. The van der Waals surface area contributed by atoms with Crippen LogP contribution in [0.15, 0.2) is 18.2 Å². The third-order valence-corrected chi connectivity index (χ3v) is 5.32. The van der Waals surface area contributed by atoms with Crippen LogP contribution >= 0.6 is 0 Å². The van der Waals surface area contributed by atoms with Crippen molar-refractivity contribution in [3.05, 3.63) is 35.2 Å². The summed E-state index contributed by atoms with van der Waals surface area (Å²) in [4.78, 5) is 2.16. The van der Waals surface area contributed by atoms with Gasteiger partial charge in [0.2, 0.25) is 5.95 Å². The number of hydrogen-bond donors (Lipinski definition) is 1. The van der Waals surface area contributed by atoms with Crippen LogP contribution in [0.5, 0.6) is 5.75 Å². The predicted octanol–water partition coefficient (Wildman–Crippen LogP) is 2.11. The third-order valence-electron chi connectivity index (χ3n) is 5.32. The molecule has 0 bridgehead atoms. The zero-order valence-corrected chi connectivity index (χ0v) is 16.6. The molecule has 1 unspecified atom stereocenters.